The molecule has 1 unspecified atom stereocenters. The van der Waals surface area contributed by atoms with Crippen LogP contribution in [0.4, 0.5) is 5.69 Å². The predicted molar refractivity (Wildman–Crippen MR) is 141 cm³/mol. The summed E-state index contributed by atoms with van der Waals surface area (Å²) in [4.78, 5) is 40.5. The third-order valence-corrected chi connectivity index (χ3v) is 6.14. The number of ether oxygens (including phenoxy) is 2. The summed E-state index contributed by atoms with van der Waals surface area (Å²) in [6.07, 6.45) is -0.273. The largest absolute Gasteiger partial charge is 0.507 e. The normalized spacial score (nSPS) is 16.8. The van der Waals surface area contributed by atoms with Gasteiger partial charge in [-0.2, -0.15) is 0 Å². The Morgan fingerprint density at radius 1 is 0.946 bits per heavy atom. The molecule has 1 amide bonds. The number of aryl methyl sites for hydroxylation is 2. The molecule has 4 rings (SSSR count). The summed E-state index contributed by atoms with van der Waals surface area (Å²) in [5, 5.41) is 11.5. The lowest BCUT2D eigenvalue weighted by atomic mass is 9.93. The van der Waals surface area contributed by atoms with Crippen molar-refractivity contribution in [3.05, 3.63) is 100 Å². The number of benzene rings is 3. The minimum Gasteiger partial charge on any atom is -0.507 e. The van der Waals surface area contributed by atoms with Crippen molar-refractivity contribution >= 4 is 29.1 Å². The molecule has 0 spiro atoms. The molecule has 0 saturated carbocycles. The molecule has 1 fully saturated rings. The van der Waals surface area contributed by atoms with Crippen LogP contribution in [0.15, 0.2) is 72.3 Å². The van der Waals surface area contributed by atoms with Gasteiger partial charge in [0, 0.05) is 5.69 Å². The van der Waals surface area contributed by atoms with E-state index in [0.717, 1.165) is 11.1 Å². The number of carbonyl (C=O) groups is 3. The molecule has 1 atom stereocenters. The first kappa shape index (κ1) is 25.7. The third kappa shape index (κ3) is 4.98. The maximum atomic E-state index is 13.4. The number of aliphatic hydroxyl groups is 1. The standard InChI is InChI=1S/C30H29NO6/c1-17(2)37-30(35)20-10-12-22(13-11-20)31-26(21-8-6-7-18(3)15-21)25(28(33)29(31)34)27(32)23-16-19(4)9-14-24(23)36-5/h6-17,26,32H,1-5H3/b27-25+. The van der Waals surface area contributed by atoms with E-state index in [-0.39, 0.29) is 17.4 Å². The summed E-state index contributed by atoms with van der Waals surface area (Å²) in [6.45, 7) is 7.29. The van der Waals surface area contributed by atoms with E-state index >= 15 is 0 Å². The minimum absolute atomic E-state index is 0.0391. The molecular weight excluding hydrogens is 470 g/mol. The number of ketones is 1. The number of nitrogens with zero attached hydrogens (tertiary/aromatic N) is 1. The number of anilines is 1. The van der Waals surface area contributed by atoms with Crippen LogP contribution >= 0.6 is 0 Å². The fraction of sp³-hybridized carbons (Fsp3) is 0.233. The Labute approximate surface area is 215 Å². The SMILES string of the molecule is COc1ccc(C)cc1/C(O)=C1\C(=O)C(=O)N(c2ccc(C(=O)OC(C)C)cc2)C1c1cccc(C)c1. The number of aliphatic hydroxyl groups excluding tert-OH is 1. The maximum Gasteiger partial charge on any atom is 0.338 e. The quantitative estimate of drug-likeness (QED) is 0.208. The van der Waals surface area contributed by atoms with Crippen molar-refractivity contribution in [1.82, 2.24) is 0 Å². The van der Waals surface area contributed by atoms with Crippen molar-refractivity contribution in [3.63, 3.8) is 0 Å². The van der Waals surface area contributed by atoms with Gasteiger partial charge in [-0.25, -0.2) is 4.79 Å². The van der Waals surface area contributed by atoms with E-state index in [1.807, 2.05) is 44.2 Å². The van der Waals surface area contributed by atoms with Gasteiger partial charge in [0.05, 0.1) is 36.0 Å². The molecule has 37 heavy (non-hydrogen) atoms. The first-order valence-corrected chi connectivity index (χ1v) is 12.0. The van der Waals surface area contributed by atoms with Crippen molar-refractivity contribution in [3.8, 4) is 5.75 Å². The molecule has 1 heterocycles. The molecule has 0 bridgehead atoms. The summed E-state index contributed by atoms with van der Waals surface area (Å²) in [5.41, 5.74) is 3.47. The monoisotopic (exact) mass is 499 g/mol. The number of rotatable bonds is 6. The van der Waals surface area contributed by atoms with E-state index in [4.69, 9.17) is 9.47 Å². The second kappa shape index (κ2) is 10.3. The van der Waals surface area contributed by atoms with Gasteiger partial charge >= 0.3 is 5.97 Å². The number of amides is 1. The molecule has 0 radical (unpaired) electrons. The highest BCUT2D eigenvalue weighted by molar-refractivity contribution is 6.51. The molecule has 190 valence electrons. The molecule has 3 aromatic rings. The predicted octanol–water partition coefficient (Wildman–Crippen LogP) is 5.50. The number of hydrogen-bond donors (Lipinski definition) is 1. The molecule has 1 N–H and O–H groups in total. The third-order valence-electron chi connectivity index (χ3n) is 6.14. The van der Waals surface area contributed by atoms with Crippen LogP contribution < -0.4 is 9.64 Å². The molecular formula is C30H29NO6. The fourth-order valence-corrected chi connectivity index (χ4v) is 4.45. The maximum absolute atomic E-state index is 13.4. The molecule has 3 aromatic carbocycles. The summed E-state index contributed by atoms with van der Waals surface area (Å²) < 4.78 is 10.7. The lowest BCUT2D eigenvalue weighted by molar-refractivity contribution is -0.132. The minimum atomic E-state index is -0.890. The highest BCUT2D eigenvalue weighted by Crippen LogP contribution is 2.43. The summed E-state index contributed by atoms with van der Waals surface area (Å²) >= 11 is 0. The second-order valence-corrected chi connectivity index (χ2v) is 9.29. The number of methoxy groups -OCH3 is 1. The van der Waals surface area contributed by atoms with Crippen LogP contribution in [0, 0.1) is 13.8 Å². The van der Waals surface area contributed by atoms with Crippen LogP contribution in [0.5, 0.6) is 5.75 Å². The van der Waals surface area contributed by atoms with E-state index in [1.54, 1.807) is 50.2 Å². The Kier molecular flexibility index (Phi) is 7.16. The molecule has 1 aliphatic rings. The molecule has 7 nitrogen and oxygen atoms in total. The van der Waals surface area contributed by atoms with E-state index in [9.17, 15) is 19.5 Å². The molecule has 0 aromatic heterocycles. The first-order valence-electron chi connectivity index (χ1n) is 12.0. The topological polar surface area (TPSA) is 93.1 Å². The Hall–Kier alpha value is -4.39. The first-order chi connectivity index (χ1) is 17.6. The average molecular weight is 500 g/mol. The van der Waals surface area contributed by atoms with Crippen LogP contribution in [-0.2, 0) is 14.3 Å². The van der Waals surface area contributed by atoms with Gasteiger partial charge in [0.1, 0.15) is 11.5 Å². The van der Waals surface area contributed by atoms with Gasteiger partial charge in [-0.05, 0) is 69.7 Å². The van der Waals surface area contributed by atoms with Crippen molar-refractivity contribution in [1.29, 1.82) is 0 Å². The average Bonchev–Trinajstić information content (AvgIpc) is 3.13. The van der Waals surface area contributed by atoms with Crippen molar-refractivity contribution in [2.75, 3.05) is 12.0 Å². The number of carbonyl (C=O) groups excluding carboxylic acids is 3. The van der Waals surface area contributed by atoms with Crippen LogP contribution in [0.2, 0.25) is 0 Å². The van der Waals surface area contributed by atoms with Gasteiger partial charge in [-0.1, -0.05) is 41.5 Å². The number of esters is 1. The van der Waals surface area contributed by atoms with Crippen molar-refractivity contribution in [2.24, 2.45) is 0 Å². The van der Waals surface area contributed by atoms with Gasteiger partial charge in [-0.15, -0.1) is 0 Å². The van der Waals surface area contributed by atoms with E-state index < -0.39 is 23.7 Å². The Morgan fingerprint density at radius 3 is 2.24 bits per heavy atom. The lowest BCUT2D eigenvalue weighted by Crippen LogP contribution is -2.29. The molecule has 1 saturated heterocycles. The molecule has 0 aliphatic carbocycles. The van der Waals surface area contributed by atoms with Crippen LogP contribution in [0.25, 0.3) is 5.76 Å². The van der Waals surface area contributed by atoms with E-state index in [2.05, 4.69) is 0 Å². The lowest BCUT2D eigenvalue weighted by Gasteiger charge is -2.26. The zero-order chi connectivity index (χ0) is 26.9. The van der Waals surface area contributed by atoms with Gasteiger partial charge in [0.25, 0.3) is 11.7 Å². The highest BCUT2D eigenvalue weighted by atomic mass is 16.5. The molecule has 1 aliphatic heterocycles. The van der Waals surface area contributed by atoms with Gasteiger partial charge in [0.2, 0.25) is 0 Å². The summed E-state index contributed by atoms with van der Waals surface area (Å²) in [5.74, 6) is -2.01. The van der Waals surface area contributed by atoms with Crippen LogP contribution in [0.1, 0.15) is 52.5 Å². The smallest absolute Gasteiger partial charge is 0.338 e. The molecule has 7 heteroatoms. The van der Waals surface area contributed by atoms with Gasteiger partial charge in [-0.3, -0.25) is 14.5 Å². The number of Topliss-reactive ketones (excluding diaryl/α,β-unsaturated/α-hetero) is 1. The Balaban J connectivity index is 1.89. The number of hydrogen-bond acceptors (Lipinski definition) is 6. The van der Waals surface area contributed by atoms with E-state index in [0.29, 0.717) is 28.1 Å². The van der Waals surface area contributed by atoms with Crippen LogP contribution in [0.3, 0.4) is 0 Å². The zero-order valence-corrected chi connectivity index (χ0v) is 21.4. The fourth-order valence-electron chi connectivity index (χ4n) is 4.45. The van der Waals surface area contributed by atoms with Gasteiger partial charge < -0.3 is 14.6 Å². The summed E-state index contributed by atoms with van der Waals surface area (Å²) in [6, 6.07) is 18.1. The Bertz CT molecular complexity index is 1400. The van der Waals surface area contributed by atoms with E-state index in [1.165, 1.54) is 12.0 Å². The van der Waals surface area contributed by atoms with Crippen molar-refractivity contribution in [2.45, 2.75) is 39.8 Å². The Morgan fingerprint density at radius 2 is 1.62 bits per heavy atom. The van der Waals surface area contributed by atoms with Crippen LogP contribution in [-0.4, -0.2) is 36.0 Å². The highest BCUT2D eigenvalue weighted by Gasteiger charge is 2.47. The zero-order valence-electron chi connectivity index (χ0n) is 21.4. The van der Waals surface area contributed by atoms with Gasteiger partial charge in [0.15, 0.2) is 0 Å². The van der Waals surface area contributed by atoms with Crippen molar-refractivity contribution < 1.29 is 29.0 Å². The second-order valence-electron chi connectivity index (χ2n) is 9.29. The summed E-state index contributed by atoms with van der Waals surface area (Å²) in [7, 11) is 1.48.